The topological polar surface area (TPSA) is 57.2 Å². The van der Waals surface area contributed by atoms with E-state index in [9.17, 15) is 4.79 Å². The molecular weight excluding hydrogens is 454 g/mol. The molecule has 0 aliphatic carbocycles. The monoisotopic (exact) mass is 487 g/mol. The van der Waals surface area contributed by atoms with Gasteiger partial charge in [0.25, 0.3) is 0 Å². The lowest BCUT2D eigenvalue weighted by molar-refractivity contribution is -0.126. The smallest absolute Gasteiger partial charge is 0.224 e. The van der Waals surface area contributed by atoms with Gasteiger partial charge in [-0.25, -0.2) is 0 Å². The summed E-state index contributed by atoms with van der Waals surface area (Å²) in [5.74, 6) is 2.31. The Hall–Kier alpha value is -4.19. The fraction of sp³-hybridized carbons (Fsp3) is 0.233. The van der Waals surface area contributed by atoms with Crippen LogP contribution in [0.3, 0.4) is 0 Å². The van der Waals surface area contributed by atoms with Crippen molar-refractivity contribution in [2.24, 2.45) is 0 Å². The van der Waals surface area contributed by atoms with Gasteiger partial charge < -0.3 is 23.8 Å². The highest BCUT2D eigenvalue weighted by atomic mass is 16.5. The summed E-state index contributed by atoms with van der Waals surface area (Å²) in [4.78, 5) is 15.0. The maximum atomic E-state index is 13.2. The lowest BCUT2D eigenvalue weighted by atomic mass is 9.94. The molecule has 36 heavy (non-hydrogen) atoms. The Kier molecular flexibility index (Phi) is 9.17. The van der Waals surface area contributed by atoms with Gasteiger partial charge in [0, 0.05) is 12.5 Å². The minimum absolute atomic E-state index is 0.0920. The molecule has 0 aromatic heterocycles. The van der Waals surface area contributed by atoms with E-state index < -0.39 is 0 Å². The summed E-state index contributed by atoms with van der Waals surface area (Å²) in [5, 5.41) is 0. The number of carbonyl (C=O) groups excluding carboxylic acids is 1. The second kappa shape index (κ2) is 12.5. The SMILES string of the molecule is C=CC/C(=C(\c1ccc(OC)c(OC)c1)N(Cc1ccccc1)C(C)=O)c1ccc(OC)c(OC)c1. The van der Waals surface area contributed by atoms with Gasteiger partial charge in [0.05, 0.1) is 40.7 Å². The van der Waals surface area contributed by atoms with Gasteiger partial charge in [0.1, 0.15) is 0 Å². The maximum Gasteiger partial charge on any atom is 0.224 e. The number of ether oxygens (including phenoxy) is 4. The lowest BCUT2D eigenvalue weighted by Gasteiger charge is -2.29. The van der Waals surface area contributed by atoms with Gasteiger partial charge in [-0.1, -0.05) is 42.5 Å². The molecule has 6 nitrogen and oxygen atoms in total. The Labute approximate surface area is 213 Å². The zero-order valence-electron chi connectivity index (χ0n) is 21.5. The van der Waals surface area contributed by atoms with Crippen LogP contribution >= 0.6 is 0 Å². The van der Waals surface area contributed by atoms with E-state index >= 15 is 0 Å². The van der Waals surface area contributed by atoms with E-state index in [1.54, 1.807) is 40.3 Å². The van der Waals surface area contributed by atoms with Crippen molar-refractivity contribution < 1.29 is 23.7 Å². The second-order valence-corrected chi connectivity index (χ2v) is 8.05. The Morgan fingerprint density at radius 1 is 0.778 bits per heavy atom. The molecule has 0 bridgehead atoms. The average molecular weight is 488 g/mol. The third-order valence-electron chi connectivity index (χ3n) is 5.86. The summed E-state index contributed by atoms with van der Waals surface area (Å²) in [6.45, 7) is 5.96. The van der Waals surface area contributed by atoms with Crippen molar-refractivity contribution in [2.45, 2.75) is 19.9 Å². The molecule has 3 aromatic carbocycles. The molecule has 0 saturated heterocycles. The number of hydrogen-bond acceptors (Lipinski definition) is 5. The number of nitrogens with zero attached hydrogens (tertiary/aromatic N) is 1. The molecule has 0 atom stereocenters. The van der Waals surface area contributed by atoms with Crippen molar-refractivity contribution in [2.75, 3.05) is 28.4 Å². The largest absolute Gasteiger partial charge is 0.493 e. The van der Waals surface area contributed by atoms with Gasteiger partial charge >= 0.3 is 0 Å². The van der Waals surface area contributed by atoms with E-state index in [2.05, 4.69) is 6.58 Å². The molecule has 6 heteroatoms. The fourth-order valence-corrected chi connectivity index (χ4v) is 4.11. The summed E-state index contributed by atoms with van der Waals surface area (Å²) in [6, 6.07) is 21.3. The molecule has 0 N–H and O–H groups in total. The van der Waals surface area contributed by atoms with Gasteiger partial charge in [-0.05, 0) is 53.5 Å². The Balaban J connectivity index is 2.35. The molecule has 0 heterocycles. The van der Waals surface area contributed by atoms with Gasteiger partial charge in [0.2, 0.25) is 5.91 Å². The Morgan fingerprint density at radius 2 is 1.31 bits per heavy atom. The zero-order chi connectivity index (χ0) is 26.1. The third kappa shape index (κ3) is 5.89. The van der Waals surface area contributed by atoms with Crippen LogP contribution in [0.25, 0.3) is 11.3 Å². The normalized spacial score (nSPS) is 11.2. The van der Waals surface area contributed by atoms with Gasteiger partial charge in [-0.3, -0.25) is 4.79 Å². The maximum absolute atomic E-state index is 13.2. The highest BCUT2D eigenvalue weighted by molar-refractivity contribution is 5.98. The second-order valence-electron chi connectivity index (χ2n) is 8.05. The molecule has 1 amide bonds. The predicted molar refractivity (Wildman–Crippen MR) is 143 cm³/mol. The van der Waals surface area contributed by atoms with E-state index in [1.165, 1.54) is 0 Å². The number of rotatable bonds is 11. The summed E-state index contributed by atoms with van der Waals surface area (Å²) >= 11 is 0. The van der Waals surface area contributed by atoms with Crippen LogP contribution in [0, 0.1) is 0 Å². The summed E-state index contributed by atoms with van der Waals surface area (Å²) in [7, 11) is 6.39. The minimum atomic E-state index is -0.0920. The van der Waals surface area contributed by atoms with Crippen LogP contribution in [-0.4, -0.2) is 39.2 Å². The standard InChI is InChI=1S/C30H33NO5/c1-7-11-25(23-14-16-26(33-3)28(18-23)35-5)30(24-15-17-27(34-4)29(19-24)36-6)31(21(2)32)20-22-12-9-8-10-13-22/h7-10,12-19H,1,11,20H2,2-6H3/b30-25-. The van der Waals surface area contributed by atoms with Crippen LogP contribution in [0.2, 0.25) is 0 Å². The Morgan fingerprint density at radius 3 is 1.81 bits per heavy atom. The molecule has 0 aliphatic rings. The van der Waals surface area contributed by atoms with Crippen LogP contribution in [0.15, 0.2) is 79.4 Å². The van der Waals surface area contributed by atoms with Crippen molar-refractivity contribution in [1.82, 2.24) is 4.90 Å². The van der Waals surface area contributed by atoms with Crippen LogP contribution in [0.1, 0.15) is 30.0 Å². The molecule has 3 aromatic rings. The van der Waals surface area contributed by atoms with Crippen molar-refractivity contribution in [3.63, 3.8) is 0 Å². The first-order chi connectivity index (χ1) is 17.5. The molecule has 0 radical (unpaired) electrons. The molecule has 3 rings (SSSR count). The van der Waals surface area contributed by atoms with Gasteiger partial charge in [-0.15, -0.1) is 6.58 Å². The Bertz CT molecular complexity index is 1230. The molecule has 0 aliphatic heterocycles. The summed E-state index contributed by atoms with van der Waals surface area (Å²) < 4.78 is 22.1. The first-order valence-corrected chi connectivity index (χ1v) is 11.6. The number of hydrogen-bond donors (Lipinski definition) is 0. The molecule has 0 saturated carbocycles. The summed E-state index contributed by atoms with van der Waals surface area (Å²) in [6.07, 6.45) is 2.34. The quantitative estimate of drug-likeness (QED) is 0.238. The molecule has 0 fully saturated rings. The van der Waals surface area contributed by atoms with Crippen molar-refractivity contribution in [1.29, 1.82) is 0 Å². The summed E-state index contributed by atoms with van der Waals surface area (Å²) in [5.41, 5.74) is 4.36. The first kappa shape index (κ1) is 26.4. The zero-order valence-corrected chi connectivity index (χ0v) is 21.5. The van der Waals surface area contributed by atoms with E-state index in [-0.39, 0.29) is 5.91 Å². The van der Waals surface area contributed by atoms with E-state index in [1.807, 2.05) is 72.8 Å². The number of allylic oxidation sites excluding steroid dienone is 2. The molecular formula is C30H33NO5. The van der Waals surface area contributed by atoms with E-state index in [4.69, 9.17) is 18.9 Å². The van der Waals surface area contributed by atoms with Gasteiger partial charge in [-0.2, -0.15) is 0 Å². The van der Waals surface area contributed by atoms with Crippen LogP contribution in [0.4, 0.5) is 0 Å². The van der Waals surface area contributed by atoms with Crippen LogP contribution < -0.4 is 18.9 Å². The minimum Gasteiger partial charge on any atom is -0.493 e. The first-order valence-electron chi connectivity index (χ1n) is 11.6. The van der Waals surface area contributed by atoms with Crippen molar-refractivity contribution in [3.8, 4) is 23.0 Å². The highest BCUT2D eigenvalue weighted by Gasteiger charge is 2.23. The van der Waals surface area contributed by atoms with Crippen molar-refractivity contribution >= 4 is 17.2 Å². The predicted octanol–water partition coefficient (Wildman–Crippen LogP) is 6.21. The van der Waals surface area contributed by atoms with E-state index in [0.717, 1.165) is 28.0 Å². The fourth-order valence-electron chi connectivity index (χ4n) is 4.11. The highest BCUT2D eigenvalue weighted by Crippen LogP contribution is 2.39. The van der Waals surface area contributed by atoms with Crippen molar-refractivity contribution in [3.05, 3.63) is 96.1 Å². The molecule has 0 unspecified atom stereocenters. The van der Waals surface area contributed by atoms with Crippen LogP contribution in [-0.2, 0) is 11.3 Å². The third-order valence-corrected chi connectivity index (χ3v) is 5.86. The number of methoxy groups -OCH3 is 4. The van der Waals surface area contributed by atoms with Gasteiger partial charge in [0.15, 0.2) is 23.0 Å². The number of benzene rings is 3. The molecule has 188 valence electrons. The lowest BCUT2D eigenvalue weighted by Crippen LogP contribution is -2.28. The number of amides is 1. The van der Waals surface area contributed by atoms with Crippen LogP contribution in [0.5, 0.6) is 23.0 Å². The number of carbonyl (C=O) groups is 1. The average Bonchev–Trinajstić information content (AvgIpc) is 2.91. The van der Waals surface area contributed by atoms with E-state index in [0.29, 0.717) is 36.0 Å². The molecule has 0 spiro atoms.